The summed E-state index contributed by atoms with van der Waals surface area (Å²) in [6.07, 6.45) is 0.865. The van der Waals surface area contributed by atoms with E-state index >= 15 is 0 Å². The van der Waals surface area contributed by atoms with Gasteiger partial charge in [0.25, 0.3) is 5.70 Å². The van der Waals surface area contributed by atoms with Gasteiger partial charge >= 0.3 is 0 Å². The van der Waals surface area contributed by atoms with Gasteiger partial charge in [-0.2, -0.15) is 5.26 Å². The van der Waals surface area contributed by atoms with Crippen LogP contribution in [0.1, 0.15) is 17.9 Å². The van der Waals surface area contributed by atoms with E-state index in [-0.39, 0.29) is 11.3 Å². The molecule has 1 fully saturated rings. The third kappa shape index (κ3) is 2.64. The number of fused-ring (bicyclic) bond motifs is 1. The predicted octanol–water partition coefficient (Wildman–Crippen LogP) is 3.02. The highest BCUT2D eigenvalue weighted by molar-refractivity contribution is 8.03. The lowest BCUT2D eigenvalue weighted by Gasteiger charge is -2.36. The number of benzene rings is 1. The van der Waals surface area contributed by atoms with E-state index in [2.05, 4.69) is 6.07 Å². The molecule has 1 aromatic rings. The average Bonchev–Trinajstić information content (AvgIpc) is 2.55. The van der Waals surface area contributed by atoms with Gasteiger partial charge in [0.1, 0.15) is 11.7 Å². The van der Waals surface area contributed by atoms with Crippen LogP contribution in [0, 0.1) is 21.4 Å². The van der Waals surface area contributed by atoms with Gasteiger partial charge < -0.3 is 10.6 Å². The molecular weight excluding hydrogens is 336 g/mol. The maximum atomic E-state index is 11.7. The summed E-state index contributed by atoms with van der Waals surface area (Å²) in [5, 5.41) is 22.4. The first-order valence-electron chi connectivity index (χ1n) is 6.98. The Morgan fingerprint density at radius 1 is 1.43 bits per heavy atom. The summed E-state index contributed by atoms with van der Waals surface area (Å²) >= 11 is 7.31. The highest BCUT2D eigenvalue weighted by Gasteiger charge is 2.43. The van der Waals surface area contributed by atoms with E-state index in [0.717, 1.165) is 12.2 Å². The average molecular weight is 349 g/mol. The molecule has 0 amide bonds. The molecule has 0 aliphatic carbocycles. The van der Waals surface area contributed by atoms with Crippen LogP contribution < -0.4 is 5.73 Å². The third-order valence-electron chi connectivity index (χ3n) is 3.88. The molecule has 1 saturated heterocycles. The van der Waals surface area contributed by atoms with Crippen LogP contribution in [0.5, 0.6) is 0 Å². The first-order chi connectivity index (χ1) is 11.0. The van der Waals surface area contributed by atoms with E-state index in [1.54, 1.807) is 29.2 Å². The Kier molecular flexibility index (Phi) is 4.20. The number of nitrogens with two attached hydrogens (primary N) is 1. The van der Waals surface area contributed by atoms with Gasteiger partial charge in [0, 0.05) is 17.3 Å². The van der Waals surface area contributed by atoms with E-state index in [4.69, 9.17) is 17.3 Å². The number of hydrogen-bond donors (Lipinski definition) is 1. The van der Waals surface area contributed by atoms with Crippen molar-refractivity contribution in [1.29, 1.82) is 5.26 Å². The maximum Gasteiger partial charge on any atom is 0.288 e. The minimum absolute atomic E-state index is 0.0165. The molecule has 1 aromatic carbocycles. The third-order valence-corrected chi connectivity index (χ3v) is 5.33. The molecule has 23 heavy (non-hydrogen) atoms. The molecular formula is C15H13ClN4O2S. The number of nitrogens with zero attached hydrogens (tertiary/aromatic N) is 3. The molecule has 2 aliphatic heterocycles. The van der Waals surface area contributed by atoms with Crippen LogP contribution in [-0.4, -0.2) is 22.1 Å². The zero-order chi connectivity index (χ0) is 16.6. The molecule has 2 N–H and O–H groups in total. The van der Waals surface area contributed by atoms with Crippen molar-refractivity contribution in [1.82, 2.24) is 4.90 Å². The molecule has 1 atom stereocenters. The Hall–Kier alpha value is -2.17. The molecule has 2 heterocycles. The topological polar surface area (TPSA) is 96.2 Å². The molecule has 0 spiro atoms. The fourth-order valence-corrected chi connectivity index (χ4v) is 4.13. The molecule has 0 bridgehead atoms. The largest absolute Gasteiger partial charge is 0.384 e. The molecule has 1 unspecified atom stereocenters. The van der Waals surface area contributed by atoms with E-state index in [9.17, 15) is 15.4 Å². The van der Waals surface area contributed by atoms with Crippen LogP contribution in [0.3, 0.4) is 0 Å². The number of hydrogen-bond acceptors (Lipinski definition) is 6. The van der Waals surface area contributed by atoms with Gasteiger partial charge in [0.05, 0.1) is 16.6 Å². The lowest BCUT2D eigenvalue weighted by Crippen LogP contribution is -2.38. The highest BCUT2D eigenvalue weighted by atomic mass is 35.5. The second-order valence-corrected chi connectivity index (χ2v) is 6.72. The quantitative estimate of drug-likeness (QED) is 0.651. The molecule has 0 aromatic heterocycles. The number of rotatable bonds is 2. The monoisotopic (exact) mass is 348 g/mol. The Bertz CT molecular complexity index is 767. The Morgan fingerprint density at radius 2 is 2.13 bits per heavy atom. The smallest absolute Gasteiger partial charge is 0.288 e. The van der Waals surface area contributed by atoms with Crippen LogP contribution in [0.15, 0.2) is 46.4 Å². The molecule has 118 valence electrons. The molecule has 3 rings (SSSR count). The summed E-state index contributed by atoms with van der Waals surface area (Å²) in [6.45, 7) is 0.587. The van der Waals surface area contributed by atoms with E-state index in [1.807, 2.05) is 0 Å². The molecule has 2 aliphatic rings. The summed E-state index contributed by atoms with van der Waals surface area (Å²) in [5.74, 6) is 0.329. The summed E-state index contributed by atoms with van der Waals surface area (Å²) < 4.78 is 0. The number of nitro groups is 1. The predicted molar refractivity (Wildman–Crippen MR) is 88.8 cm³/mol. The van der Waals surface area contributed by atoms with Gasteiger partial charge in [-0.05, 0) is 24.1 Å². The molecule has 0 radical (unpaired) electrons. The van der Waals surface area contributed by atoms with E-state index in [1.165, 1.54) is 11.8 Å². The summed E-state index contributed by atoms with van der Waals surface area (Å²) in [7, 11) is 0. The van der Waals surface area contributed by atoms with Gasteiger partial charge in [0.15, 0.2) is 5.03 Å². The summed E-state index contributed by atoms with van der Waals surface area (Å²) in [6, 6.07) is 8.78. The van der Waals surface area contributed by atoms with Crippen molar-refractivity contribution in [2.45, 2.75) is 12.3 Å². The Balaban J connectivity index is 2.22. The van der Waals surface area contributed by atoms with Crippen LogP contribution in [-0.2, 0) is 0 Å². The number of nitriles is 1. The van der Waals surface area contributed by atoms with Crippen molar-refractivity contribution >= 4 is 23.4 Å². The van der Waals surface area contributed by atoms with Crippen molar-refractivity contribution in [3.63, 3.8) is 0 Å². The van der Waals surface area contributed by atoms with Crippen LogP contribution in [0.25, 0.3) is 0 Å². The summed E-state index contributed by atoms with van der Waals surface area (Å²) in [4.78, 5) is 13.0. The van der Waals surface area contributed by atoms with Crippen molar-refractivity contribution in [2.75, 3.05) is 12.3 Å². The van der Waals surface area contributed by atoms with Crippen LogP contribution in [0.4, 0.5) is 0 Å². The normalized spacial score (nSPS) is 21.0. The minimum Gasteiger partial charge on any atom is -0.384 e. The van der Waals surface area contributed by atoms with Crippen LogP contribution in [0.2, 0.25) is 5.02 Å². The van der Waals surface area contributed by atoms with E-state index in [0.29, 0.717) is 28.0 Å². The molecule has 0 saturated carbocycles. The number of halogens is 1. The van der Waals surface area contributed by atoms with Gasteiger partial charge in [-0.3, -0.25) is 10.1 Å². The van der Waals surface area contributed by atoms with Crippen LogP contribution >= 0.6 is 23.4 Å². The molecule has 6 nitrogen and oxygen atoms in total. The first-order valence-corrected chi connectivity index (χ1v) is 8.35. The standard InChI is InChI=1S/C15H13ClN4O2S/c16-10-4-2-9(3-5-10)12-11(8-17)14(18)19-6-1-7-23-15(19)13(12)20(21)22/h2-5,12H,1,6-7,18H2. The second kappa shape index (κ2) is 6.14. The van der Waals surface area contributed by atoms with Crippen molar-refractivity contribution < 1.29 is 4.92 Å². The first kappa shape index (κ1) is 15.7. The van der Waals surface area contributed by atoms with Crippen molar-refractivity contribution in [3.05, 3.63) is 67.1 Å². The van der Waals surface area contributed by atoms with Gasteiger partial charge in [0.2, 0.25) is 0 Å². The van der Waals surface area contributed by atoms with Gasteiger partial charge in [-0.15, -0.1) is 11.8 Å². The lowest BCUT2D eigenvalue weighted by atomic mass is 9.87. The van der Waals surface area contributed by atoms with Gasteiger partial charge in [-0.1, -0.05) is 23.7 Å². The lowest BCUT2D eigenvalue weighted by molar-refractivity contribution is -0.431. The van der Waals surface area contributed by atoms with Gasteiger partial charge in [-0.25, -0.2) is 0 Å². The van der Waals surface area contributed by atoms with Crippen molar-refractivity contribution in [2.24, 2.45) is 5.73 Å². The fourth-order valence-electron chi connectivity index (χ4n) is 2.85. The Labute approximate surface area is 142 Å². The fraction of sp³-hybridized carbons (Fsp3) is 0.267. The number of thioether (sulfide) groups is 1. The zero-order valence-electron chi connectivity index (χ0n) is 12.0. The maximum absolute atomic E-state index is 11.7. The minimum atomic E-state index is -0.774. The SMILES string of the molecule is N#CC1=C(N)N2CCCSC2=C([N+](=O)[O-])C1c1ccc(Cl)cc1. The highest BCUT2D eigenvalue weighted by Crippen LogP contribution is 2.45. The second-order valence-electron chi connectivity index (χ2n) is 5.20. The molecule has 8 heteroatoms. The van der Waals surface area contributed by atoms with E-state index < -0.39 is 10.8 Å². The summed E-state index contributed by atoms with van der Waals surface area (Å²) in [5.41, 5.74) is 7.02. The Morgan fingerprint density at radius 3 is 2.74 bits per heavy atom. The van der Waals surface area contributed by atoms with Crippen molar-refractivity contribution in [3.8, 4) is 6.07 Å². The zero-order valence-corrected chi connectivity index (χ0v) is 13.6. The number of allylic oxidation sites excluding steroid dienone is 1.